The van der Waals surface area contributed by atoms with Crippen molar-refractivity contribution in [1.82, 2.24) is 4.90 Å². The lowest BCUT2D eigenvalue weighted by Crippen LogP contribution is -2.51. The number of aliphatic hydroxyl groups excluding tert-OH is 5. The van der Waals surface area contributed by atoms with Gasteiger partial charge in [-0.3, -0.25) is 14.5 Å². The van der Waals surface area contributed by atoms with Gasteiger partial charge in [0.2, 0.25) is 0 Å². The number of carbonyl (C=O) groups is 2. The molecular formula is C10H19NO9. The molecule has 0 aliphatic carbocycles. The number of carboxylic acids is 2. The van der Waals surface area contributed by atoms with Crippen LogP contribution in [0.25, 0.3) is 0 Å². The van der Waals surface area contributed by atoms with Crippen molar-refractivity contribution in [1.29, 1.82) is 0 Å². The lowest BCUT2D eigenvalue weighted by Gasteiger charge is -2.28. The van der Waals surface area contributed by atoms with E-state index in [4.69, 9.17) is 20.4 Å². The van der Waals surface area contributed by atoms with Crippen LogP contribution in [0.15, 0.2) is 0 Å². The predicted octanol–water partition coefficient (Wildman–Crippen LogP) is -4.11. The normalized spacial score (nSPS) is 17.5. The van der Waals surface area contributed by atoms with Crippen LogP contribution in [0.2, 0.25) is 0 Å². The fourth-order valence-corrected chi connectivity index (χ4v) is 1.50. The van der Waals surface area contributed by atoms with E-state index in [1.807, 2.05) is 0 Å². The molecule has 0 radical (unpaired) electrons. The number of nitrogens with zero attached hydrogens (tertiary/aromatic N) is 1. The van der Waals surface area contributed by atoms with E-state index in [2.05, 4.69) is 0 Å². The average Bonchev–Trinajstić information content (AvgIpc) is 2.34. The monoisotopic (exact) mass is 297 g/mol. The van der Waals surface area contributed by atoms with Crippen molar-refractivity contribution >= 4 is 11.9 Å². The molecule has 20 heavy (non-hydrogen) atoms. The molecule has 0 aliphatic heterocycles. The van der Waals surface area contributed by atoms with Gasteiger partial charge in [0.15, 0.2) is 0 Å². The molecule has 0 aromatic carbocycles. The van der Waals surface area contributed by atoms with Crippen LogP contribution in [0.5, 0.6) is 0 Å². The number of hydrogen-bond acceptors (Lipinski definition) is 8. The third kappa shape index (κ3) is 6.75. The summed E-state index contributed by atoms with van der Waals surface area (Å²) in [6.07, 6.45) is -7.12. The molecule has 0 aromatic heterocycles. The van der Waals surface area contributed by atoms with Crippen LogP contribution < -0.4 is 0 Å². The first kappa shape index (κ1) is 18.7. The van der Waals surface area contributed by atoms with Crippen molar-refractivity contribution in [3.8, 4) is 0 Å². The van der Waals surface area contributed by atoms with Gasteiger partial charge in [0, 0.05) is 6.54 Å². The standard InChI is InChI=1S/C10H19NO9/c12-4-6(14)10(20)9(19)5(13)1-11(2-7(15)16)3-8(17)18/h5-6,9-10,12-14,19-20H,1-4H2,(H,15,16)(H,17,18)/t5-,6-,9-,10-/m0/s1. The van der Waals surface area contributed by atoms with Crippen molar-refractivity contribution in [3.05, 3.63) is 0 Å². The van der Waals surface area contributed by atoms with Gasteiger partial charge >= 0.3 is 11.9 Å². The van der Waals surface area contributed by atoms with Gasteiger partial charge in [0.1, 0.15) is 18.3 Å². The molecule has 0 unspecified atom stereocenters. The highest BCUT2D eigenvalue weighted by Crippen LogP contribution is 2.07. The van der Waals surface area contributed by atoms with E-state index in [1.54, 1.807) is 0 Å². The SMILES string of the molecule is O=C(O)CN(CC(=O)O)C[C@H](O)[C@H](O)[C@@H](O)[C@@H](O)CO. The molecule has 0 fully saturated rings. The third-order valence-corrected chi connectivity index (χ3v) is 2.49. The molecule has 0 aliphatic rings. The summed E-state index contributed by atoms with van der Waals surface area (Å²) in [4.78, 5) is 21.9. The molecule has 0 aromatic rings. The molecule has 4 atom stereocenters. The Morgan fingerprint density at radius 2 is 1.25 bits per heavy atom. The second-order valence-corrected chi connectivity index (χ2v) is 4.26. The van der Waals surface area contributed by atoms with Crippen LogP contribution in [0.3, 0.4) is 0 Å². The minimum absolute atomic E-state index is 0.547. The third-order valence-electron chi connectivity index (χ3n) is 2.49. The van der Waals surface area contributed by atoms with Gasteiger partial charge in [-0.2, -0.15) is 0 Å². The number of aliphatic carboxylic acids is 2. The van der Waals surface area contributed by atoms with E-state index in [0.717, 1.165) is 4.90 Å². The number of rotatable bonds is 10. The van der Waals surface area contributed by atoms with Crippen molar-refractivity contribution in [2.24, 2.45) is 0 Å². The summed E-state index contributed by atoms with van der Waals surface area (Å²) in [5.41, 5.74) is 0. The summed E-state index contributed by atoms with van der Waals surface area (Å²) in [6.45, 7) is -2.77. The van der Waals surface area contributed by atoms with E-state index in [9.17, 15) is 24.9 Å². The first-order valence-corrected chi connectivity index (χ1v) is 5.68. The lowest BCUT2D eigenvalue weighted by atomic mass is 10.0. The van der Waals surface area contributed by atoms with Gasteiger partial charge in [0.05, 0.1) is 25.8 Å². The largest absolute Gasteiger partial charge is 0.480 e. The molecule has 118 valence electrons. The second kappa shape index (κ2) is 8.79. The van der Waals surface area contributed by atoms with E-state index in [0.29, 0.717) is 0 Å². The fourth-order valence-electron chi connectivity index (χ4n) is 1.50. The van der Waals surface area contributed by atoms with Crippen LogP contribution >= 0.6 is 0 Å². The Morgan fingerprint density at radius 3 is 1.60 bits per heavy atom. The Morgan fingerprint density at radius 1 is 0.850 bits per heavy atom. The fraction of sp³-hybridized carbons (Fsp3) is 0.800. The highest BCUT2D eigenvalue weighted by atomic mass is 16.4. The zero-order chi connectivity index (χ0) is 15.9. The maximum atomic E-state index is 10.5. The van der Waals surface area contributed by atoms with Gasteiger partial charge in [0.25, 0.3) is 0 Å². The molecule has 7 N–H and O–H groups in total. The zero-order valence-electron chi connectivity index (χ0n) is 10.5. The van der Waals surface area contributed by atoms with Crippen LogP contribution in [-0.4, -0.2) is 103 Å². The van der Waals surface area contributed by atoms with Crippen LogP contribution in [0.1, 0.15) is 0 Å². The summed E-state index contributed by atoms with van der Waals surface area (Å²) >= 11 is 0. The first-order chi connectivity index (χ1) is 9.18. The van der Waals surface area contributed by atoms with E-state index in [1.165, 1.54) is 0 Å². The summed E-state index contributed by atoms with van der Waals surface area (Å²) in [7, 11) is 0. The summed E-state index contributed by atoms with van der Waals surface area (Å²) < 4.78 is 0. The van der Waals surface area contributed by atoms with E-state index >= 15 is 0 Å². The first-order valence-electron chi connectivity index (χ1n) is 5.68. The smallest absolute Gasteiger partial charge is 0.317 e. The Kier molecular flexibility index (Phi) is 8.22. The molecule has 0 spiro atoms. The number of aliphatic hydroxyl groups is 5. The molecule has 10 nitrogen and oxygen atoms in total. The number of hydrogen-bond donors (Lipinski definition) is 7. The zero-order valence-corrected chi connectivity index (χ0v) is 10.5. The van der Waals surface area contributed by atoms with Crippen LogP contribution in [0, 0.1) is 0 Å². The maximum absolute atomic E-state index is 10.5. The molecule has 0 amide bonds. The predicted molar refractivity (Wildman–Crippen MR) is 62.8 cm³/mol. The second-order valence-electron chi connectivity index (χ2n) is 4.26. The minimum Gasteiger partial charge on any atom is -0.480 e. The Bertz CT molecular complexity index is 308. The summed E-state index contributed by atoms with van der Waals surface area (Å²) in [6, 6.07) is 0. The van der Waals surface area contributed by atoms with Gasteiger partial charge in [-0.15, -0.1) is 0 Å². The quantitative estimate of drug-likeness (QED) is 0.209. The highest BCUT2D eigenvalue weighted by molar-refractivity contribution is 5.72. The Labute approximate surface area is 114 Å². The Balaban J connectivity index is 4.60. The summed E-state index contributed by atoms with van der Waals surface area (Å²) in [5.74, 6) is -2.66. The van der Waals surface area contributed by atoms with E-state index in [-0.39, 0.29) is 0 Å². The Hall–Kier alpha value is -1.30. The summed E-state index contributed by atoms with van der Waals surface area (Å²) in [5, 5.41) is 63.3. The molecule has 0 heterocycles. The van der Waals surface area contributed by atoms with Gasteiger partial charge in [-0.1, -0.05) is 0 Å². The molecule has 0 saturated carbocycles. The van der Waals surface area contributed by atoms with Crippen molar-refractivity contribution in [2.75, 3.05) is 26.2 Å². The molecule has 0 bridgehead atoms. The maximum Gasteiger partial charge on any atom is 0.317 e. The van der Waals surface area contributed by atoms with Crippen LogP contribution in [-0.2, 0) is 9.59 Å². The average molecular weight is 297 g/mol. The van der Waals surface area contributed by atoms with Gasteiger partial charge < -0.3 is 35.7 Å². The van der Waals surface area contributed by atoms with Gasteiger partial charge in [-0.25, -0.2) is 0 Å². The van der Waals surface area contributed by atoms with Crippen LogP contribution in [0.4, 0.5) is 0 Å². The van der Waals surface area contributed by atoms with E-state index < -0.39 is 62.6 Å². The highest BCUT2D eigenvalue weighted by Gasteiger charge is 2.31. The lowest BCUT2D eigenvalue weighted by molar-refractivity contribution is -0.145. The van der Waals surface area contributed by atoms with Crippen molar-refractivity contribution in [3.63, 3.8) is 0 Å². The van der Waals surface area contributed by atoms with Crippen molar-refractivity contribution in [2.45, 2.75) is 24.4 Å². The minimum atomic E-state index is -1.87. The molecule has 0 rings (SSSR count). The van der Waals surface area contributed by atoms with Gasteiger partial charge in [-0.05, 0) is 0 Å². The van der Waals surface area contributed by atoms with Crippen molar-refractivity contribution < 1.29 is 45.3 Å². The molecule has 10 heteroatoms. The number of carboxylic acid groups (broad SMARTS) is 2. The molecule has 0 saturated heterocycles. The molecular weight excluding hydrogens is 278 g/mol. The topological polar surface area (TPSA) is 179 Å².